The summed E-state index contributed by atoms with van der Waals surface area (Å²) in [5.41, 5.74) is 9.86. The highest BCUT2D eigenvalue weighted by atomic mass is 16.6. The average Bonchev–Trinajstić information content (AvgIpc) is 3.30. The molecule has 38 heavy (non-hydrogen) atoms. The van der Waals surface area contributed by atoms with Crippen LogP contribution in [0.15, 0.2) is 4.99 Å². The number of carboxylic acids is 1. The molecule has 1 aliphatic rings. The van der Waals surface area contributed by atoms with Gasteiger partial charge >= 0.3 is 12.1 Å². The highest BCUT2D eigenvalue weighted by Crippen LogP contribution is 2.18. The number of aliphatic imine (C=N–C) groups is 1. The van der Waals surface area contributed by atoms with Gasteiger partial charge in [0, 0.05) is 13.1 Å². The zero-order valence-corrected chi connectivity index (χ0v) is 21.9. The van der Waals surface area contributed by atoms with E-state index in [1.165, 1.54) is 4.90 Å². The molecular weight excluding hydrogens is 504 g/mol. The van der Waals surface area contributed by atoms with E-state index in [0.717, 1.165) is 0 Å². The van der Waals surface area contributed by atoms with Crippen molar-refractivity contribution in [3.63, 3.8) is 0 Å². The van der Waals surface area contributed by atoms with Crippen LogP contribution in [0.5, 0.6) is 0 Å². The predicted molar refractivity (Wildman–Crippen MR) is 134 cm³/mol. The van der Waals surface area contributed by atoms with Crippen molar-refractivity contribution >= 4 is 41.7 Å². The fourth-order valence-corrected chi connectivity index (χ4v) is 3.47. The lowest BCUT2D eigenvalue weighted by atomic mass is 10.1. The second kappa shape index (κ2) is 15.2. The van der Waals surface area contributed by atoms with Gasteiger partial charge in [-0.1, -0.05) is 0 Å². The SMILES string of the molecule is CC(C)(C)OC(=O)NCC(=O)N1CCC[C@H]1C(=O)N[C@@H](CCCN=C(N)N)C(=O)NCC(=O)NCC(=O)O. The standard InChI is InChI=1S/C22H38N8O8/c1-22(2,3)38-21(37)28-11-16(32)30-9-5-7-14(30)19(36)29-13(6-4-8-25-20(23)24)18(35)27-10-15(31)26-12-17(33)34/h13-14H,4-12H2,1-3H3,(H,26,31)(H,27,35)(H,28,37)(H,29,36)(H,33,34)(H4,23,24,25)/t13-,14-/m0/s1. The van der Waals surface area contributed by atoms with Gasteiger partial charge in [0.1, 0.15) is 30.8 Å². The van der Waals surface area contributed by atoms with Crippen LogP contribution in [0.1, 0.15) is 46.5 Å². The first-order chi connectivity index (χ1) is 17.7. The molecular formula is C22H38N8O8. The minimum atomic E-state index is -1.24. The molecule has 16 heteroatoms. The molecule has 16 nitrogen and oxygen atoms in total. The maximum Gasteiger partial charge on any atom is 0.408 e. The number of carboxylic acid groups (broad SMARTS) is 1. The van der Waals surface area contributed by atoms with Crippen LogP contribution in [0.3, 0.4) is 0 Å². The second-order valence-electron chi connectivity index (χ2n) is 9.50. The number of carbonyl (C=O) groups is 6. The molecule has 1 heterocycles. The van der Waals surface area contributed by atoms with Gasteiger partial charge in [0.05, 0.1) is 6.54 Å². The van der Waals surface area contributed by atoms with Crippen molar-refractivity contribution in [3.8, 4) is 0 Å². The van der Waals surface area contributed by atoms with Crippen LogP contribution < -0.4 is 32.7 Å². The lowest BCUT2D eigenvalue weighted by Gasteiger charge is -2.27. The minimum Gasteiger partial charge on any atom is -0.480 e. The largest absolute Gasteiger partial charge is 0.480 e. The molecule has 1 aliphatic heterocycles. The van der Waals surface area contributed by atoms with Crippen LogP contribution in [-0.4, -0.2) is 102 Å². The van der Waals surface area contributed by atoms with E-state index >= 15 is 0 Å². The first-order valence-corrected chi connectivity index (χ1v) is 12.1. The highest BCUT2D eigenvalue weighted by Gasteiger charge is 2.36. The normalized spacial score (nSPS) is 15.6. The van der Waals surface area contributed by atoms with Crippen LogP contribution in [0.2, 0.25) is 0 Å². The zero-order valence-electron chi connectivity index (χ0n) is 21.9. The Morgan fingerprint density at radius 1 is 1.05 bits per heavy atom. The molecule has 0 spiro atoms. The summed E-state index contributed by atoms with van der Waals surface area (Å²) >= 11 is 0. The molecule has 1 rings (SSSR count). The first-order valence-electron chi connectivity index (χ1n) is 12.1. The summed E-state index contributed by atoms with van der Waals surface area (Å²) in [6.45, 7) is 4.04. The number of rotatable bonds is 13. The smallest absolute Gasteiger partial charge is 0.408 e. The molecule has 0 aromatic rings. The summed E-state index contributed by atoms with van der Waals surface area (Å²) in [5.74, 6) is -3.85. The summed E-state index contributed by atoms with van der Waals surface area (Å²) in [6, 6.07) is -1.95. The van der Waals surface area contributed by atoms with Crippen molar-refractivity contribution in [2.24, 2.45) is 16.5 Å². The number of nitrogens with one attached hydrogen (secondary N) is 4. The van der Waals surface area contributed by atoms with E-state index in [1.54, 1.807) is 20.8 Å². The number of nitrogens with two attached hydrogens (primary N) is 2. The van der Waals surface area contributed by atoms with Crippen LogP contribution in [0, 0.1) is 0 Å². The Morgan fingerprint density at radius 2 is 1.74 bits per heavy atom. The Bertz CT molecular complexity index is 914. The van der Waals surface area contributed by atoms with Crippen LogP contribution in [0.25, 0.3) is 0 Å². The second-order valence-corrected chi connectivity index (χ2v) is 9.50. The van der Waals surface area contributed by atoms with Crippen LogP contribution in [-0.2, 0) is 28.7 Å². The van der Waals surface area contributed by atoms with E-state index in [4.69, 9.17) is 21.3 Å². The number of alkyl carbamates (subject to hydrolysis) is 1. The summed E-state index contributed by atoms with van der Waals surface area (Å²) in [4.78, 5) is 77.8. The van der Waals surface area contributed by atoms with Gasteiger partial charge < -0.3 is 47.5 Å². The van der Waals surface area contributed by atoms with Gasteiger partial charge in [-0.25, -0.2) is 4.79 Å². The van der Waals surface area contributed by atoms with E-state index in [0.29, 0.717) is 19.3 Å². The summed E-state index contributed by atoms with van der Waals surface area (Å²) < 4.78 is 5.11. The Balaban J connectivity index is 2.78. The van der Waals surface area contributed by atoms with E-state index in [9.17, 15) is 28.8 Å². The van der Waals surface area contributed by atoms with Gasteiger partial charge in [-0.3, -0.25) is 29.0 Å². The van der Waals surface area contributed by atoms with Gasteiger partial charge in [-0.2, -0.15) is 0 Å². The van der Waals surface area contributed by atoms with Gasteiger partial charge in [0.15, 0.2) is 5.96 Å². The summed E-state index contributed by atoms with van der Waals surface area (Å²) in [5, 5.41) is 18.1. The van der Waals surface area contributed by atoms with Gasteiger partial charge in [-0.05, 0) is 46.5 Å². The fourth-order valence-electron chi connectivity index (χ4n) is 3.47. The maximum absolute atomic E-state index is 13.0. The Hall–Kier alpha value is -4.11. The van der Waals surface area contributed by atoms with Gasteiger partial charge in [0.2, 0.25) is 23.6 Å². The fraction of sp³-hybridized carbons (Fsp3) is 0.682. The zero-order chi connectivity index (χ0) is 28.9. The molecule has 0 aromatic heterocycles. The number of aliphatic carboxylic acids is 1. The van der Waals surface area contributed by atoms with Crippen molar-refractivity contribution in [2.75, 3.05) is 32.7 Å². The molecule has 214 valence electrons. The van der Waals surface area contributed by atoms with Crippen molar-refractivity contribution in [3.05, 3.63) is 0 Å². The molecule has 1 saturated heterocycles. The first kappa shape index (κ1) is 31.9. The molecule has 0 radical (unpaired) electrons. The number of amides is 5. The third kappa shape index (κ3) is 12.7. The maximum atomic E-state index is 13.0. The number of guanidine groups is 1. The molecule has 9 N–H and O–H groups in total. The molecule has 0 saturated carbocycles. The third-order valence-electron chi connectivity index (χ3n) is 5.10. The topological polar surface area (TPSA) is 248 Å². The van der Waals surface area contributed by atoms with Crippen LogP contribution in [0.4, 0.5) is 4.79 Å². The van der Waals surface area contributed by atoms with E-state index in [2.05, 4.69) is 26.3 Å². The quantitative estimate of drug-likeness (QED) is 0.0723. The molecule has 0 aromatic carbocycles. The van der Waals surface area contributed by atoms with E-state index in [-0.39, 0.29) is 32.0 Å². The number of hydrogen-bond donors (Lipinski definition) is 7. The number of hydrogen-bond acceptors (Lipinski definition) is 8. The number of ether oxygens (including phenoxy) is 1. The van der Waals surface area contributed by atoms with Crippen LogP contribution >= 0.6 is 0 Å². The van der Waals surface area contributed by atoms with Gasteiger partial charge in [-0.15, -0.1) is 0 Å². The molecule has 0 aliphatic carbocycles. The Kier molecular flexibility index (Phi) is 12.8. The average molecular weight is 543 g/mol. The Morgan fingerprint density at radius 3 is 2.34 bits per heavy atom. The third-order valence-corrected chi connectivity index (χ3v) is 5.10. The monoisotopic (exact) mass is 542 g/mol. The number of nitrogens with zero attached hydrogens (tertiary/aromatic N) is 2. The molecule has 1 fully saturated rings. The summed E-state index contributed by atoms with van der Waals surface area (Å²) in [7, 11) is 0. The molecule has 5 amide bonds. The van der Waals surface area contributed by atoms with Crippen molar-refractivity contribution < 1.29 is 38.6 Å². The lowest BCUT2D eigenvalue weighted by Crippen LogP contribution is -2.55. The molecule has 0 bridgehead atoms. The van der Waals surface area contributed by atoms with Crippen molar-refractivity contribution in [2.45, 2.75) is 64.1 Å². The predicted octanol–water partition coefficient (Wildman–Crippen LogP) is -2.64. The van der Waals surface area contributed by atoms with Crippen molar-refractivity contribution in [1.82, 2.24) is 26.2 Å². The number of likely N-dealkylation sites (tertiary alicyclic amines) is 1. The number of carbonyl (C=O) groups excluding carboxylic acids is 5. The minimum absolute atomic E-state index is 0.117. The van der Waals surface area contributed by atoms with E-state index < -0.39 is 66.5 Å². The molecule has 2 atom stereocenters. The summed E-state index contributed by atoms with van der Waals surface area (Å²) in [6.07, 6.45) is 0.558. The highest BCUT2D eigenvalue weighted by molar-refractivity contribution is 5.94. The lowest BCUT2D eigenvalue weighted by molar-refractivity contribution is -0.139. The Labute approximate surface area is 220 Å². The van der Waals surface area contributed by atoms with Gasteiger partial charge in [0.25, 0.3) is 0 Å². The van der Waals surface area contributed by atoms with E-state index in [1.807, 2.05) is 0 Å². The molecule has 0 unspecified atom stereocenters. The van der Waals surface area contributed by atoms with Crippen molar-refractivity contribution in [1.29, 1.82) is 0 Å².